The Balaban J connectivity index is 1.61. The number of hydrogen-bond donors (Lipinski definition) is 1. The van der Waals surface area contributed by atoms with E-state index in [0.29, 0.717) is 16.2 Å². The second-order valence-electron chi connectivity index (χ2n) is 7.05. The molecular formula is C22H21ClN4O. The standard InChI is InChI=1S/C22H21ClN4O/c1-26(2)11-12-27-10-9-15-13-16(7-8-20(15)27)24-22(28)18-14-21(23)25-19-6-4-3-5-17(18)19/h3-10,13-14H,11-12H2,1-2H3,(H,24,28). The van der Waals surface area contributed by atoms with Crippen molar-refractivity contribution in [1.29, 1.82) is 0 Å². The summed E-state index contributed by atoms with van der Waals surface area (Å²) in [6.07, 6.45) is 2.08. The number of aromatic nitrogens is 2. The van der Waals surface area contributed by atoms with Crippen LogP contribution in [0.15, 0.2) is 60.8 Å². The van der Waals surface area contributed by atoms with Crippen LogP contribution in [0.25, 0.3) is 21.8 Å². The minimum absolute atomic E-state index is 0.202. The van der Waals surface area contributed by atoms with Crippen LogP contribution in [0.4, 0.5) is 5.69 Å². The van der Waals surface area contributed by atoms with E-state index in [1.54, 1.807) is 6.07 Å². The van der Waals surface area contributed by atoms with Crippen molar-refractivity contribution in [2.24, 2.45) is 0 Å². The van der Waals surface area contributed by atoms with E-state index in [0.717, 1.165) is 35.1 Å². The highest BCUT2D eigenvalue weighted by atomic mass is 35.5. The second-order valence-corrected chi connectivity index (χ2v) is 7.44. The number of nitrogens with zero attached hydrogens (tertiary/aromatic N) is 3. The molecule has 0 spiro atoms. The summed E-state index contributed by atoms with van der Waals surface area (Å²) in [6, 6.07) is 17.1. The number of carbonyl (C=O) groups excluding carboxylic acids is 1. The van der Waals surface area contributed by atoms with Crippen LogP contribution >= 0.6 is 11.6 Å². The summed E-state index contributed by atoms with van der Waals surface area (Å²) in [7, 11) is 4.13. The van der Waals surface area contributed by atoms with Gasteiger partial charge in [0.05, 0.1) is 11.1 Å². The molecule has 0 radical (unpaired) electrons. The largest absolute Gasteiger partial charge is 0.346 e. The fraction of sp³-hybridized carbons (Fsp3) is 0.182. The number of nitrogens with one attached hydrogen (secondary N) is 1. The number of fused-ring (bicyclic) bond motifs is 2. The van der Waals surface area contributed by atoms with Crippen LogP contribution in [0.5, 0.6) is 0 Å². The van der Waals surface area contributed by atoms with Gasteiger partial charge in [-0.05, 0) is 50.5 Å². The van der Waals surface area contributed by atoms with Gasteiger partial charge < -0.3 is 14.8 Å². The summed E-state index contributed by atoms with van der Waals surface area (Å²) in [5.74, 6) is -0.202. The van der Waals surface area contributed by atoms with Gasteiger partial charge in [-0.3, -0.25) is 4.79 Å². The average Bonchev–Trinajstić information content (AvgIpc) is 3.07. The molecule has 6 heteroatoms. The van der Waals surface area contributed by atoms with E-state index in [4.69, 9.17) is 11.6 Å². The van der Waals surface area contributed by atoms with Crippen LogP contribution in [0, 0.1) is 0 Å². The fourth-order valence-corrected chi connectivity index (χ4v) is 3.51. The molecule has 0 aliphatic heterocycles. The van der Waals surface area contributed by atoms with Gasteiger partial charge in [0.25, 0.3) is 5.91 Å². The number of halogens is 1. The third kappa shape index (κ3) is 3.72. The van der Waals surface area contributed by atoms with Crippen LogP contribution in [-0.4, -0.2) is 41.0 Å². The Hall–Kier alpha value is -2.89. The quantitative estimate of drug-likeness (QED) is 0.503. The lowest BCUT2D eigenvalue weighted by molar-refractivity contribution is 0.102. The number of carbonyl (C=O) groups is 1. The molecule has 4 aromatic rings. The number of likely N-dealkylation sites (N-methyl/N-ethyl adjacent to an activating group) is 1. The Morgan fingerprint density at radius 1 is 1.14 bits per heavy atom. The molecule has 0 aliphatic rings. The number of benzene rings is 2. The highest BCUT2D eigenvalue weighted by molar-refractivity contribution is 6.30. The number of hydrogen-bond acceptors (Lipinski definition) is 3. The molecule has 1 N–H and O–H groups in total. The van der Waals surface area contributed by atoms with Crippen LogP contribution in [0.3, 0.4) is 0 Å². The highest BCUT2D eigenvalue weighted by Crippen LogP contribution is 2.24. The molecule has 0 atom stereocenters. The molecule has 2 aromatic heterocycles. The third-order valence-corrected chi connectivity index (χ3v) is 4.94. The van der Waals surface area contributed by atoms with Crippen LogP contribution < -0.4 is 5.32 Å². The monoisotopic (exact) mass is 392 g/mol. The zero-order valence-electron chi connectivity index (χ0n) is 15.8. The molecule has 0 unspecified atom stereocenters. The normalized spacial score (nSPS) is 11.4. The summed E-state index contributed by atoms with van der Waals surface area (Å²) in [5, 5.41) is 5.16. The van der Waals surface area contributed by atoms with Gasteiger partial charge in [0.2, 0.25) is 0 Å². The lowest BCUT2D eigenvalue weighted by Gasteiger charge is -2.12. The van der Waals surface area contributed by atoms with Gasteiger partial charge in [-0.2, -0.15) is 0 Å². The first-order valence-electron chi connectivity index (χ1n) is 9.11. The third-order valence-electron chi connectivity index (χ3n) is 4.75. The molecule has 142 valence electrons. The van der Waals surface area contributed by atoms with Crippen molar-refractivity contribution in [1.82, 2.24) is 14.5 Å². The van der Waals surface area contributed by atoms with Crippen molar-refractivity contribution >= 4 is 45.0 Å². The molecule has 2 aromatic carbocycles. The maximum absolute atomic E-state index is 12.9. The van der Waals surface area contributed by atoms with Crippen molar-refractivity contribution in [3.63, 3.8) is 0 Å². The van der Waals surface area contributed by atoms with Crippen LogP contribution in [-0.2, 0) is 6.54 Å². The summed E-state index contributed by atoms with van der Waals surface area (Å²) in [4.78, 5) is 19.3. The molecular weight excluding hydrogens is 372 g/mol. The summed E-state index contributed by atoms with van der Waals surface area (Å²) < 4.78 is 2.22. The Labute approximate surface area is 168 Å². The highest BCUT2D eigenvalue weighted by Gasteiger charge is 2.13. The van der Waals surface area contributed by atoms with E-state index in [2.05, 4.69) is 46.1 Å². The summed E-state index contributed by atoms with van der Waals surface area (Å²) in [6.45, 7) is 1.89. The predicted molar refractivity (Wildman–Crippen MR) is 115 cm³/mol. The maximum Gasteiger partial charge on any atom is 0.256 e. The minimum Gasteiger partial charge on any atom is -0.346 e. The first kappa shape index (κ1) is 18.5. The van der Waals surface area contributed by atoms with E-state index in [-0.39, 0.29) is 5.91 Å². The second kappa shape index (κ2) is 7.62. The Morgan fingerprint density at radius 3 is 2.79 bits per heavy atom. The van der Waals surface area contributed by atoms with Gasteiger partial charge in [-0.25, -0.2) is 4.98 Å². The predicted octanol–water partition coefficient (Wildman–Crippen LogP) is 4.66. The van der Waals surface area contributed by atoms with Gasteiger partial charge in [-0.1, -0.05) is 29.8 Å². The van der Waals surface area contributed by atoms with Crippen LogP contribution in [0.2, 0.25) is 5.15 Å². The number of para-hydroxylation sites is 1. The van der Waals surface area contributed by atoms with E-state index < -0.39 is 0 Å². The molecule has 2 heterocycles. The molecule has 4 rings (SSSR count). The zero-order chi connectivity index (χ0) is 19.7. The van der Waals surface area contributed by atoms with E-state index >= 15 is 0 Å². The van der Waals surface area contributed by atoms with E-state index in [1.165, 1.54) is 0 Å². The number of amides is 1. The summed E-state index contributed by atoms with van der Waals surface area (Å²) in [5.41, 5.74) is 3.12. The van der Waals surface area contributed by atoms with Gasteiger partial charge in [-0.15, -0.1) is 0 Å². The van der Waals surface area contributed by atoms with Gasteiger partial charge >= 0.3 is 0 Å². The van der Waals surface area contributed by atoms with Crippen molar-refractivity contribution in [3.05, 3.63) is 71.5 Å². The first-order valence-corrected chi connectivity index (χ1v) is 9.49. The minimum atomic E-state index is -0.202. The van der Waals surface area contributed by atoms with Crippen molar-refractivity contribution in [2.75, 3.05) is 26.0 Å². The molecule has 28 heavy (non-hydrogen) atoms. The van der Waals surface area contributed by atoms with Crippen molar-refractivity contribution in [3.8, 4) is 0 Å². The lowest BCUT2D eigenvalue weighted by Crippen LogP contribution is -2.17. The molecule has 0 saturated carbocycles. The number of rotatable bonds is 5. The van der Waals surface area contributed by atoms with Gasteiger partial charge in [0, 0.05) is 41.3 Å². The zero-order valence-corrected chi connectivity index (χ0v) is 16.6. The molecule has 1 amide bonds. The number of pyridine rings is 1. The smallest absolute Gasteiger partial charge is 0.256 e. The van der Waals surface area contributed by atoms with Gasteiger partial charge in [0.15, 0.2) is 0 Å². The Kier molecular flexibility index (Phi) is 5.03. The fourth-order valence-electron chi connectivity index (χ4n) is 3.31. The maximum atomic E-state index is 12.9. The molecule has 0 aliphatic carbocycles. The van der Waals surface area contributed by atoms with E-state index in [1.807, 2.05) is 42.5 Å². The lowest BCUT2D eigenvalue weighted by atomic mass is 10.1. The molecule has 0 fully saturated rings. The van der Waals surface area contributed by atoms with Crippen LogP contribution in [0.1, 0.15) is 10.4 Å². The Bertz CT molecular complexity index is 1170. The first-order chi connectivity index (χ1) is 13.5. The summed E-state index contributed by atoms with van der Waals surface area (Å²) >= 11 is 6.11. The molecule has 0 bridgehead atoms. The van der Waals surface area contributed by atoms with Gasteiger partial charge in [0.1, 0.15) is 5.15 Å². The number of anilines is 1. The van der Waals surface area contributed by atoms with Crippen molar-refractivity contribution < 1.29 is 4.79 Å². The SMILES string of the molecule is CN(C)CCn1ccc2cc(NC(=O)c3cc(Cl)nc4ccccc34)ccc21. The van der Waals surface area contributed by atoms with E-state index in [9.17, 15) is 4.79 Å². The molecule has 0 saturated heterocycles. The Morgan fingerprint density at radius 2 is 1.96 bits per heavy atom. The average molecular weight is 393 g/mol. The van der Waals surface area contributed by atoms with Crippen molar-refractivity contribution in [2.45, 2.75) is 6.54 Å². The topological polar surface area (TPSA) is 50.2 Å². The molecule has 5 nitrogen and oxygen atoms in total.